The SMILES string of the molecule is CCc1ccc(OC)c(C2NC(C(=O)O)Cc3c2[nH]c2ccccc32)c1. The fourth-order valence-corrected chi connectivity index (χ4v) is 3.87. The summed E-state index contributed by atoms with van der Waals surface area (Å²) in [5, 5.41) is 14.1. The number of aliphatic carboxylic acids is 1. The molecule has 1 aliphatic heterocycles. The van der Waals surface area contributed by atoms with Gasteiger partial charge in [-0.2, -0.15) is 0 Å². The molecular weight excluding hydrogens is 328 g/mol. The van der Waals surface area contributed by atoms with Gasteiger partial charge < -0.3 is 14.8 Å². The molecular formula is C21H22N2O3. The Labute approximate surface area is 152 Å². The number of aryl methyl sites for hydroxylation is 1. The molecule has 1 aliphatic rings. The summed E-state index contributed by atoms with van der Waals surface area (Å²) in [7, 11) is 1.65. The zero-order valence-corrected chi connectivity index (χ0v) is 14.9. The van der Waals surface area contributed by atoms with E-state index in [4.69, 9.17) is 4.74 Å². The van der Waals surface area contributed by atoms with E-state index < -0.39 is 12.0 Å². The molecule has 5 heteroatoms. The number of carbonyl (C=O) groups is 1. The molecule has 26 heavy (non-hydrogen) atoms. The minimum atomic E-state index is -0.837. The quantitative estimate of drug-likeness (QED) is 0.674. The lowest BCUT2D eigenvalue weighted by molar-refractivity contribution is -0.139. The van der Waals surface area contributed by atoms with Gasteiger partial charge in [-0.15, -0.1) is 0 Å². The van der Waals surface area contributed by atoms with E-state index in [1.54, 1.807) is 7.11 Å². The van der Waals surface area contributed by atoms with Gasteiger partial charge in [0.25, 0.3) is 0 Å². The zero-order chi connectivity index (χ0) is 18.3. The van der Waals surface area contributed by atoms with E-state index in [1.165, 1.54) is 5.56 Å². The number of hydrogen-bond acceptors (Lipinski definition) is 3. The van der Waals surface area contributed by atoms with Gasteiger partial charge in [0.05, 0.1) is 13.2 Å². The normalized spacial score (nSPS) is 19.3. The first kappa shape index (κ1) is 16.7. The van der Waals surface area contributed by atoms with Crippen molar-refractivity contribution >= 4 is 16.9 Å². The molecule has 134 valence electrons. The highest BCUT2D eigenvalue weighted by Crippen LogP contribution is 2.38. The number of benzene rings is 2. The maximum atomic E-state index is 11.8. The van der Waals surface area contributed by atoms with Crippen molar-refractivity contribution in [2.24, 2.45) is 0 Å². The van der Waals surface area contributed by atoms with Crippen molar-refractivity contribution < 1.29 is 14.6 Å². The summed E-state index contributed by atoms with van der Waals surface area (Å²) in [5.74, 6) is -0.0770. The summed E-state index contributed by atoms with van der Waals surface area (Å²) in [5.41, 5.74) is 5.28. The first-order valence-corrected chi connectivity index (χ1v) is 8.87. The lowest BCUT2D eigenvalue weighted by Gasteiger charge is -2.30. The smallest absolute Gasteiger partial charge is 0.321 e. The van der Waals surface area contributed by atoms with Crippen LogP contribution in [0.4, 0.5) is 0 Å². The van der Waals surface area contributed by atoms with Crippen LogP contribution in [0.5, 0.6) is 5.75 Å². The Balaban J connectivity index is 1.93. The van der Waals surface area contributed by atoms with Crippen LogP contribution in [0.3, 0.4) is 0 Å². The predicted molar refractivity (Wildman–Crippen MR) is 101 cm³/mol. The highest BCUT2D eigenvalue weighted by molar-refractivity contribution is 5.87. The number of carboxylic acids is 1. The van der Waals surface area contributed by atoms with Crippen LogP contribution < -0.4 is 10.1 Å². The van der Waals surface area contributed by atoms with Crippen LogP contribution in [0.2, 0.25) is 0 Å². The fourth-order valence-electron chi connectivity index (χ4n) is 3.87. The largest absolute Gasteiger partial charge is 0.496 e. The maximum Gasteiger partial charge on any atom is 0.321 e. The molecule has 4 rings (SSSR count). The molecule has 0 fully saturated rings. The molecule has 0 amide bonds. The molecule has 0 radical (unpaired) electrons. The number of H-pyrrole nitrogens is 1. The molecule has 2 unspecified atom stereocenters. The van der Waals surface area contributed by atoms with Crippen LogP contribution in [0.15, 0.2) is 42.5 Å². The summed E-state index contributed by atoms with van der Waals surface area (Å²) in [6.07, 6.45) is 1.37. The average molecular weight is 350 g/mol. The third-order valence-electron chi connectivity index (χ3n) is 5.22. The van der Waals surface area contributed by atoms with E-state index in [-0.39, 0.29) is 6.04 Å². The number of aromatic nitrogens is 1. The summed E-state index contributed by atoms with van der Waals surface area (Å²) in [6, 6.07) is 13.3. The van der Waals surface area contributed by atoms with E-state index >= 15 is 0 Å². The molecule has 0 saturated carbocycles. The van der Waals surface area contributed by atoms with Crippen molar-refractivity contribution in [2.75, 3.05) is 7.11 Å². The minimum Gasteiger partial charge on any atom is -0.496 e. The molecule has 0 bridgehead atoms. The number of para-hydroxylation sites is 1. The lowest BCUT2D eigenvalue weighted by Crippen LogP contribution is -2.45. The van der Waals surface area contributed by atoms with Crippen molar-refractivity contribution in [3.63, 3.8) is 0 Å². The van der Waals surface area contributed by atoms with Crippen LogP contribution >= 0.6 is 0 Å². The van der Waals surface area contributed by atoms with E-state index in [0.717, 1.165) is 39.9 Å². The van der Waals surface area contributed by atoms with E-state index in [9.17, 15) is 9.90 Å². The highest BCUT2D eigenvalue weighted by Gasteiger charge is 2.35. The Bertz CT molecular complexity index is 977. The lowest BCUT2D eigenvalue weighted by atomic mass is 9.89. The standard InChI is InChI=1S/C21H22N2O3/c1-3-12-8-9-18(26-2)15(10-12)20-19-14(11-17(23-20)21(24)25)13-6-4-5-7-16(13)22-19/h4-10,17,20,22-23H,3,11H2,1-2H3,(H,24,25). The third-order valence-corrected chi connectivity index (χ3v) is 5.22. The summed E-state index contributed by atoms with van der Waals surface area (Å²) in [4.78, 5) is 15.3. The average Bonchev–Trinajstić information content (AvgIpc) is 3.05. The van der Waals surface area contributed by atoms with Gasteiger partial charge in [-0.1, -0.05) is 37.3 Å². The number of aromatic amines is 1. The van der Waals surface area contributed by atoms with Crippen LogP contribution in [-0.2, 0) is 17.6 Å². The Morgan fingerprint density at radius 2 is 2.08 bits per heavy atom. The molecule has 2 aromatic carbocycles. The molecule has 2 heterocycles. The van der Waals surface area contributed by atoms with Gasteiger partial charge >= 0.3 is 5.97 Å². The molecule has 1 aromatic heterocycles. The van der Waals surface area contributed by atoms with Crippen molar-refractivity contribution in [1.82, 2.24) is 10.3 Å². The van der Waals surface area contributed by atoms with Gasteiger partial charge in [0, 0.05) is 28.6 Å². The molecule has 3 N–H and O–H groups in total. The number of hydrogen-bond donors (Lipinski definition) is 3. The number of rotatable bonds is 4. The van der Waals surface area contributed by atoms with Gasteiger partial charge in [-0.05, 0) is 29.7 Å². The van der Waals surface area contributed by atoms with Gasteiger partial charge in [0.1, 0.15) is 11.8 Å². The Hall–Kier alpha value is -2.79. The summed E-state index contributed by atoms with van der Waals surface area (Å²) >= 11 is 0. The number of nitrogens with one attached hydrogen (secondary N) is 2. The van der Waals surface area contributed by atoms with Crippen molar-refractivity contribution in [2.45, 2.75) is 31.8 Å². The van der Waals surface area contributed by atoms with Crippen LogP contribution in [-0.4, -0.2) is 29.2 Å². The fraction of sp³-hybridized carbons (Fsp3) is 0.286. The van der Waals surface area contributed by atoms with Crippen molar-refractivity contribution in [1.29, 1.82) is 0 Å². The van der Waals surface area contributed by atoms with E-state index in [1.807, 2.05) is 36.4 Å². The van der Waals surface area contributed by atoms with Gasteiger partial charge in [0.2, 0.25) is 0 Å². The number of carboxylic acid groups (broad SMARTS) is 1. The molecule has 2 atom stereocenters. The van der Waals surface area contributed by atoms with Crippen molar-refractivity contribution in [3.05, 3.63) is 64.8 Å². The third kappa shape index (κ3) is 2.65. The number of methoxy groups -OCH3 is 1. The van der Waals surface area contributed by atoms with Crippen LogP contribution in [0, 0.1) is 0 Å². The molecule has 0 spiro atoms. The second-order valence-corrected chi connectivity index (χ2v) is 6.69. The molecule has 0 saturated heterocycles. The van der Waals surface area contributed by atoms with Gasteiger partial charge in [0.15, 0.2) is 0 Å². The summed E-state index contributed by atoms with van der Waals surface area (Å²) in [6.45, 7) is 2.11. The molecule has 5 nitrogen and oxygen atoms in total. The Kier molecular flexibility index (Phi) is 4.17. The second kappa shape index (κ2) is 6.50. The Morgan fingerprint density at radius 1 is 1.27 bits per heavy atom. The topological polar surface area (TPSA) is 74.3 Å². The second-order valence-electron chi connectivity index (χ2n) is 6.69. The summed E-state index contributed by atoms with van der Waals surface area (Å²) < 4.78 is 5.58. The highest BCUT2D eigenvalue weighted by atomic mass is 16.5. The zero-order valence-electron chi connectivity index (χ0n) is 14.9. The first-order valence-electron chi connectivity index (χ1n) is 8.87. The predicted octanol–water partition coefficient (Wildman–Crippen LogP) is 3.43. The monoisotopic (exact) mass is 350 g/mol. The number of ether oxygens (including phenoxy) is 1. The molecule has 0 aliphatic carbocycles. The van der Waals surface area contributed by atoms with Gasteiger partial charge in [-0.3, -0.25) is 10.1 Å². The first-order chi connectivity index (χ1) is 12.6. The molecule has 3 aromatic rings. The van der Waals surface area contributed by atoms with Crippen LogP contribution in [0.1, 0.15) is 35.3 Å². The van der Waals surface area contributed by atoms with Crippen LogP contribution in [0.25, 0.3) is 10.9 Å². The minimum absolute atomic E-state index is 0.256. The van der Waals surface area contributed by atoms with E-state index in [2.05, 4.69) is 23.3 Å². The maximum absolute atomic E-state index is 11.8. The Morgan fingerprint density at radius 3 is 2.81 bits per heavy atom. The van der Waals surface area contributed by atoms with Crippen molar-refractivity contribution in [3.8, 4) is 5.75 Å². The van der Waals surface area contributed by atoms with E-state index in [0.29, 0.717) is 6.42 Å². The number of fused-ring (bicyclic) bond motifs is 3. The van der Waals surface area contributed by atoms with Gasteiger partial charge in [-0.25, -0.2) is 0 Å².